The van der Waals surface area contributed by atoms with E-state index in [9.17, 15) is 4.79 Å². The van der Waals surface area contributed by atoms with Crippen molar-refractivity contribution >= 4 is 53.8 Å². The van der Waals surface area contributed by atoms with Crippen LogP contribution < -0.4 is 4.74 Å². The number of esters is 1. The topological polar surface area (TPSA) is 44.8 Å². The summed E-state index contributed by atoms with van der Waals surface area (Å²) in [5, 5.41) is -0.731. The largest absolute Gasteiger partial charge is 0.491 e. The van der Waals surface area contributed by atoms with Crippen LogP contribution in [0.3, 0.4) is 0 Å². The molecule has 21 heavy (non-hydrogen) atoms. The Balaban J connectivity index is 2.35. The second-order valence-corrected chi connectivity index (χ2v) is 8.33. The van der Waals surface area contributed by atoms with E-state index in [0.29, 0.717) is 12.2 Å². The zero-order chi connectivity index (χ0) is 15.9. The Morgan fingerprint density at radius 2 is 1.90 bits per heavy atom. The van der Waals surface area contributed by atoms with Crippen molar-refractivity contribution in [1.82, 2.24) is 0 Å². The van der Waals surface area contributed by atoms with Crippen molar-refractivity contribution in [2.75, 3.05) is 13.2 Å². The highest BCUT2D eigenvalue weighted by Crippen LogP contribution is 2.37. The third kappa shape index (κ3) is 6.95. The fraction of sp³-hybridized carbons (Fsp3) is 0.357. The average molecular weight is 487 g/mol. The molecule has 0 amide bonds. The minimum Gasteiger partial charge on any atom is -0.491 e. The summed E-state index contributed by atoms with van der Waals surface area (Å²) in [5.74, 6) is 0.254. The van der Waals surface area contributed by atoms with E-state index < -0.39 is 14.4 Å². The molecule has 0 bridgehead atoms. The van der Waals surface area contributed by atoms with Crippen LogP contribution in [0.2, 0.25) is 0 Å². The number of benzene rings is 1. The van der Waals surface area contributed by atoms with E-state index in [-0.39, 0.29) is 6.61 Å². The normalized spacial score (nSPS) is 12.6. The number of carbonyl (C=O) groups is 1. The maximum atomic E-state index is 11.4. The predicted molar refractivity (Wildman–Crippen MR) is 92.1 cm³/mol. The quantitative estimate of drug-likeness (QED) is 0.237. The summed E-state index contributed by atoms with van der Waals surface area (Å²) < 4.78 is 15.1. The molecule has 1 rings (SSSR count). The van der Waals surface area contributed by atoms with Crippen LogP contribution in [-0.4, -0.2) is 27.6 Å². The van der Waals surface area contributed by atoms with Crippen LogP contribution in [0.4, 0.5) is 0 Å². The Morgan fingerprint density at radius 3 is 2.48 bits per heavy atom. The molecular weight excluding hydrogens is 472 g/mol. The summed E-state index contributed by atoms with van der Waals surface area (Å²) in [6.07, 6.45) is 0. The molecule has 116 valence electrons. The standard InChI is InChI=1S/C14H15Br3O4/c1-10(2)12(18)21-13(15)14(16,17)20-9-8-19-11-6-4-3-5-7-11/h3-7,13H,1,8-9H2,2H3. The molecule has 0 fully saturated rings. The first kappa shape index (κ1) is 18.7. The first-order chi connectivity index (χ1) is 9.83. The Bertz CT molecular complexity index is 476. The van der Waals surface area contributed by atoms with Gasteiger partial charge in [0.25, 0.3) is 0 Å². The summed E-state index contributed by atoms with van der Waals surface area (Å²) in [6.45, 7) is 5.73. The highest BCUT2D eigenvalue weighted by atomic mass is 79.9. The second kappa shape index (κ2) is 8.92. The number of para-hydroxylation sites is 1. The molecule has 1 unspecified atom stereocenters. The fourth-order valence-corrected chi connectivity index (χ4v) is 2.00. The van der Waals surface area contributed by atoms with Crippen LogP contribution in [0.25, 0.3) is 0 Å². The van der Waals surface area contributed by atoms with Crippen molar-refractivity contribution in [3.05, 3.63) is 42.5 Å². The van der Waals surface area contributed by atoms with E-state index in [1.807, 2.05) is 30.3 Å². The summed E-state index contributed by atoms with van der Waals surface area (Å²) >= 11 is 9.81. The molecule has 0 aromatic heterocycles. The summed E-state index contributed by atoms with van der Waals surface area (Å²) in [5.41, 5.74) is 0.308. The Morgan fingerprint density at radius 1 is 1.29 bits per heavy atom. The minimum atomic E-state index is -1.05. The van der Waals surface area contributed by atoms with E-state index in [1.165, 1.54) is 0 Å². The number of hydrogen-bond donors (Lipinski definition) is 0. The lowest BCUT2D eigenvalue weighted by Gasteiger charge is -2.26. The zero-order valence-corrected chi connectivity index (χ0v) is 16.1. The van der Waals surface area contributed by atoms with Gasteiger partial charge in [-0.1, -0.05) is 24.8 Å². The lowest BCUT2D eigenvalue weighted by Crippen LogP contribution is -2.34. The van der Waals surface area contributed by atoms with Crippen LogP contribution >= 0.6 is 47.8 Å². The van der Waals surface area contributed by atoms with Gasteiger partial charge in [0.1, 0.15) is 12.4 Å². The van der Waals surface area contributed by atoms with Gasteiger partial charge in [-0.25, -0.2) is 4.79 Å². The maximum absolute atomic E-state index is 11.4. The summed E-state index contributed by atoms with van der Waals surface area (Å²) in [7, 11) is 0. The van der Waals surface area contributed by atoms with E-state index in [2.05, 4.69) is 54.4 Å². The predicted octanol–water partition coefficient (Wildman–Crippen LogP) is 4.37. The molecule has 0 heterocycles. The summed E-state index contributed by atoms with van der Waals surface area (Å²) in [6, 6.07) is 9.41. The number of ether oxygens (including phenoxy) is 3. The first-order valence-electron chi connectivity index (χ1n) is 6.03. The molecule has 0 aliphatic rings. The lowest BCUT2D eigenvalue weighted by atomic mass is 10.3. The van der Waals surface area contributed by atoms with Gasteiger partial charge in [0.2, 0.25) is 8.43 Å². The number of carbonyl (C=O) groups excluding carboxylic acids is 1. The van der Waals surface area contributed by atoms with Gasteiger partial charge in [-0.3, -0.25) is 0 Å². The van der Waals surface area contributed by atoms with Crippen LogP contribution in [0.5, 0.6) is 5.75 Å². The van der Waals surface area contributed by atoms with Gasteiger partial charge < -0.3 is 14.2 Å². The molecule has 0 N–H and O–H groups in total. The van der Waals surface area contributed by atoms with Gasteiger partial charge in [-0.2, -0.15) is 0 Å². The van der Waals surface area contributed by atoms with Gasteiger partial charge in [0.15, 0.2) is 0 Å². The Kier molecular flexibility index (Phi) is 7.94. The SMILES string of the molecule is C=C(C)C(=O)OC(Br)C(Br)(Br)OCCOc1ccccc1. The molecule has 0 saturated carbocycles. The molecule has 1 aromatic rings. The van der Waals surface area contributed by atoms with Crippen molar-refractivity contribution < 1.29 is 19.0 Å². The Hall–Kier alpha value is -0.370. The van der Waals surface area contributed by atoms with E-state index in [4.69, 9.17) is 14.2 Å². The van der Waals surface area contributed by atoms with Crippen LogP contribution in [-0.2, 0) is 14.3 Å². The highest BCUT2D eigenvalue weighted by Gasteiger charge is 2.36. The van der Waals surface area contributed by atoms with Gasteiger partial charge in [0.05, 0.1) is 6.61 Å². The number of halogens is 3. The van der Waals surface area contributed by atoms with Crippen molar-refractivity contribution in [1.29, 1.82) is 0 Å². The molecule has 0 aliphatic carbocycles. The van der Waals surface area contributed by atoms with Gasteiger partial charge in [-0.15, -0.1) is 0 Å². The number of rotatable bonds is 8. The minimum absolute atomic E-state index is 0.290. The fourth-order valence-electron chi connectivity index (χ4n) is 1.18. The second-order valence-electron chi connectivity index (χ2n) is 4.07. The van der Waals surface area contributed by atoms with Crippen LogP contribution in [0.15, 0.2) is 42.5 Å². The van der Waals surface area contributed by atoms with Gasteiger partial charge in [0, 0.05) is 5.57 Å². The highest BCUT2D eigenvalue weighted by molar-refractivity contribution is 9.26. The van der Waals surface area contributed by atoms with Crippen molar-refractivity contribution in [2.24, 2.45) is 0 Å². The zero-order valence-electron chi connectivity index (χ0n) is 11.4. The third-order valence-electron chi connectivity index (χ3n) is 2.21. The molecule has 0 aliphatic heterocycles. The molecular formula is C14H15Br3O4. The number of alkyl halides is 3. The molecule has 0 spiro atoms. The average Bonchev–Trinajstić information content (AvgIpc) is 2.44. The van der Waals surface area contributed by atoms with Gasteiger partial charge in [-0.05, 0) is 66.8 Å². The molecule has 1 aromatic carbocycles. The third-order valence-corrected chi connectivity index (χ3v) is 5.56. The van der Waals surface area contributed by atoms with Crippen molar-refractivity contribution in [2.45, 2.75) is 15.4 Å². The van der Waals surface area contributed by atoms with Crippen molar-refractivity contribution in [3.63, 3.8) is 0 Å². The lowest BCUT2D eigenvalue weighted by molar-refractivity contribution is -0.143. The molecule has 7 heteroatoms. The molecule has 4 nitrogen and oxygen atoms in total. The molecule has 1 atom stereocenters. The first-order valence-corrected chi connectivity index (χ1v) is 8.53. The number of hydrogen-bond acceptors (Lipinski definition) is 4. The van der Waals surface area contributed by atoms with Crippen molar-refractivity contribution in [3.8, 4) is 5.75 Å². The maximum Gasteiger partial charge on any atom is 0.334 e. The Labute approximate surface area is 149 Å². The van der Waals surface area contributed by atoms with Crippen LogP contribution in [0, 0.1) is 0 Å². The molecule has 0 radical (unpaired) electrons. The van der Waals surface area contributed by atoms with E-state index in [1.54, 1.807) is 6.92 Å². The smallest absolute Gasteiger partial charge is 0.334 e. The van der Waals surface area contributed by atoms with E-state index >= 15 is 0 Å². The monoisotopic (exact) mass is 484 g/mol. The van der Waals surface area contributed by atoms with E-state index in [0.717, 1.165) is 5.75 Å². The summed E-state index contributed by atoms with van der Waals surface area (Å²) in [4.78, 5) is 11.4. The molecule has 0 saturated heterocycles. The van der Waals surface area contributed by atoms with Gasteiger partial charge >= 0.3 is 5.97 Å². The van der Waals surface area contributed by atoms with Crippen LogP contribution in [0.1, 0.15) is 6.92 Å².